The maximum Gasteiger partial charge on any atom is 0.114 e. The second kappa shape index (κ2) is 4.89. The summed E-state index contributed by atoms with van der Waals surface area (Å²) in [4.78, 5) is 0. The van der Waals surface area contributed by atoms with E-state index < -0.39 is 0 Å². The molecule has 1 heterocycles. The number of aryl methyl sites for hydroxylation is 1. The van der Waals surface area contributed by atoms with Crippen LogP contribution >= 0.6 is 11.8 Å². The van der Waals surface area contributed by atoms with Crippen molar-refractivity contribution in [2.45, 2.75) is 38.5 Å². The van der Waals surface area contributed by atoms with Crippen LogP contribution in [0.1, 0.15) is 32.3 Å². The molecule has 1 aromatic heterocycles. The molecule has 2 N–H and O–H groups in total. The Morgan fingerprint density at radius 2 is 2.00 bits per heavy atom. The number of rotatable bonds is 5. The number of nitrogens with two attached hydrogens (primary N) is 1. The lowest BCUT2D eigenvalue weighted by molar-refractivity contribution is 0.485. The quantitative estimate of drug-likeness (QED) is 0.817. The van der Waals surface area contributed by atoms with Crippen LogP contribution in [-0.4, -0.2) is 11.3 Å². The maximum absolute atomic E-state index is 5.88. The summed E-state index contributed by atoms with van der Waals surface area (Å²) < 4.78 is 5.59. The molecule has 3 heteroatoms. The molecule has 0 radical (unpaired) electrons. The molecule has 1 aromatic rings. The fraction of sp³-hybridized carbons (Fsp3) is 0.636. The number of hydrogen-bond donors (Lipinski definition) is 1. The Hall–Kier alpha value is -0.410. The van der Waals surface area contributed by atoms with E-state index >= 15 is 0 Å². The highest BCUT2D eigenvalue weighted by Crippen LogP contribution is 2.18. The third-order valence-corrected chi connectivity index (χ3v) is 3.22. The van der Waals surface area contributed by atoms with Gasteiger partial charge < -0.3 is 10.2 Å². The lowest BCUT2D eigenvalue weighted by Crippen LogP contribution is -2.34. The van der Waals surface area contributed by atoms with Crippen LogP contribution in [0, 0.1) is 0 Å². The van der Waals surface area contributed by atoms with Gasteiger partial charge in [-0.05, 0) is 26.0 Å². The Balaban J connectivity index is 2.31. The standard InChI is InChI=1S/C11H19NOS/c1-4-9-5-6-10(13-9)7-14-8-11(2,3)12/h5-6H,4,7-8,12H2,1-3H3. The van der Waals surface area contributed by atoms with Crippen LogP contribution in [0.4, 0.5) is 0 Å². The summed E-state index contributed by atoms with van der Waals surface area (Å²) in [6.07, 6.45) is 0.965. The average molecular weight is 213 g/mol. The molecule has 0 unspecified atom stereocenters. The highest BCUT2D eigenvalue weighted by atomic mass is 32.2. The summed E-state index contributed by atoms with van der Waals surface area (Å²) in [6.45, 7) is 6.18. The highest BCUT2D eigenvalue weighted by molar-refractivity contribution is 7.98. The monoisotopic (exact) mass is 213 g/mol. The predicted octanol–water partition coefficient (Wildman–Crippen LogP) is 2.81. The topological polar surface area (TPSA) is 39.2 Å². The minimum absolute atomic E-state index is 0.0924. The van der Waals surface area contributed by atoms with Crippen molar-refractivity contribution in [3.05, 3.63) is 23.7 Å². The summed E-state index contributed by atoms with van der Waals surface area (Å²) in [6, 6.07) is 4.10. The number of furan rings is 1. The third kappa shape index (κ3) is 4.20. The molecule has 0 bridgehead atoms. The van der Waals surface area contributed by atoms with E-state index in [2.05, 4.69) is 13.0 Å². The minimum atomic E-state index is -0.0924. The molecular weight excluding hydrogens is 194 g/mol. The van der Waals surface area contributed by atoms with Gasteiger partial charge in [0.2, 0.25) is 0 Å². The minimum Gasteiger partial charge on any atom is -0.465 e. The molecule has 0 aliphatic carbocycles. The van der Waals surface area contributed by atoms with Gasteiger partial charge in [0.1, 0.15) is 11.5 Å². The van der Waals surface area contributed by atoms with Crippen LogP contribution in [0.5, 0.6) is 0 Å². The normalized spacial score (nSPS) is 12.0. The van der Waals surface area contributed by atoms with Crippen molar-refractivity contribution in [2.75, 3.05) is 5.75 Å². The molecule has 0 saturated carbocycles. The van der Waals surface area contributed by atoms with Gasteiger partial charge in [0, 0.05) is 17.7 Å². The fourth-order valence-corrected chi connectivity index (χ4v) is 2.09. The zero-order valence-corrected chi connectivity index (χ0v) is 9.99. The number of hydrogen-bond acceptors (Lipinski definition) is 3. The van der Waals surface area contributed by atoms with Gasteiger partial charge in [-0.3, -0.25) is 0 Å². The summed E-state index contributed by atoms with van der Waals surface area (Å²) >= 11 is 1.82. The SMILES string of the molecule is CCc1ccc(CSCC(C)(C)N)o1. The summed E-state index contributed by atoms with van der Waals surface area (Å²) in [5.74, 6) is 3.99. The van der Waals surface area contributed by atoms with E-state index in [1.807, 2.05) is 31.7 Å². The first-order chi connectivity index (χ1) is 6.51. The Kier molecular flexibility index (Phi) is 4.08. The molecule has 80 valence electrons. The molecule has 14 heavy (non-hydrogen) atoms. The average Bonchev–Trinajstić information content (AvgIpc) is 2.50. The van der Waals surface area contributed by atoms with E-state index in [0.29, 0.717) is 0 Å². The van der Waals surface area contributed by atoms with E-state index in [1.165, 1.54) is 0 Å². The Morgan fingerprint density at radius 3 is 2.50 bits per heavy atom. The van der Waals surface area contributed by atoms with Crippen molar-refractivity contribution >= 4 is 11.8 Å². The molecule has 0 aliphatic rings. The van der Waals surface area contributed by atoms with E-state index in [9.17, 15) is 0 Å². The molecule has 0 atom stereocenters. The van der Waals surface area contributed by atoms with E-state index in [4.69, 9.17) is 10.2 Å². The van der Waals surface area contributed by atoms with Gasteiger partial charge in [-0.15, -0.1) is 0 Å². The fourth-order valence-electron chi connectivity index (χ4n) is 1.10. The van der Waals surface area contributed by atoms with Crippen LogP contribution in [0.15, 0.2) is 16.5 Å². The maximum atomic E-state index is 5.88. The lowest BCUT2D eigenvalue weighted by atomic mass is 10.1. The zero-order valence-electron chi connectivity index (χ0n) is 9.17. The molecule has 0 saturated heterocycles. The van der Waals surface area contributed by atoms with Gasteiger partial charge in [0.25, 0.3) is 0 Å². The van der Waals surface area contributed by atoms with Crippen molar-refractivity contribution in [1.82, 2.24) is 0 Å². The van der Waals surface area contributed by atoms with E-state index in [1.54, 1.807) is 0 Å². The van der Waals surface area contributed by atoms with Gasteiger partial charge in [-0.1, -0.05) is 6.92 Å². The van der Waals surface area contributed by atoms with Gasteiger partial charge >= 0.3 is 0 Å². The van der Waals surface area contributed by atoms with Gasteiger partial charge in [-0.2, -0.15) is 11.8 Å². The van der Waals surface area contributed by atoms with Crippen molar-refractivity contribution in [3.63, 3.8) is 0 Å². The predicted molar refractivity (Wildman–Crippen MR) is 62.5 cm³/mol. The first-order valence-electron chi connectivity index (χ1n) is 4.95. The number of thioether (sulfide) groups is 1. The van der Waals surface area contributed by atoms with E-state index in [0.717, 1.165) is 29.4 Å². The first-order valence-corrected chi connectivity index (χ1v) is 6.11. The second-order valence-electron chi connectivity index (χ2n) is 4.20. The first kappa shape index (κ1) is 11.7. The molecule has 0 aromatic carbocycles. The van der Waals surface area contributed by atoms with Gasteiger partial charge in [-0.25, -0.2) is 0 Å². The Morgan fingerprint density at radius 1 is 1.36 bits per heavy atom. The highest BCUT2D eigenvalue weighted by Gasteiger charge is 2.10. The second-order valence-corrected chi connectivity index (χ2v) is 5.19. The smallest absolute Gasteiger partial charge is 0.114 e. The van der Waals surface area contributed by atoms with Crippen molar-refractivity contribution in [3.8, 4) is 0 Å². The van der Waals surface area contributed by atoms with Crippen molar-refractivity contribution in [1.29, 1.82) is 0 Å². The van der Waals surface area contributed by atoms with Crippen LogP contribution in [0.2, 0.25) is 0 Å². The van der Waals surface area contributed by atoms with Crippen molar-refractivity contribution < 1.29 is 4.42 Å². The van der Waals surface area contributed by atoms with E-state index in [-0.39, 0.29) is 5.54 Å². The Bertz CT molecular complexity index is 275. The molecule has 0 spiro atoms. The molecule has 1 rings (SSSR count). The molecule has 2 nitrogen and oxygen atoms in total. The zero-order chi connectivity index (χ0) is 10.6. The van der Waals surface area contributed by atoms with Crippen LogP contribution < -0.4 is 5.73 Å². The van der Waals surface area contributed by atoms with Gasteiger partial charge in [0.15, 0.2) is 0 Å². The van der Waals surface area contributed by atoms with Crippen LogP contribution in [-0.2, 0) is 12.2 Å². The van der Waals surface area contributed by atoms with Crippen LogP contribution in [0.3, 0.4) is 0 Å². The third-order valence-electron chi connectivity index (χ3n) is 1.78. The molecule has 0 aliphatic heterocycles. The molecule has 0 amide bonds. The lowest BCUT2D eigenvalue weighted by Gasteiger charge is -2.16. The summed E-state index contributed by atoms with van der Waals surface area (Å²) in [7, 11) is 0. The molecular formula is C11H19NOS. The molecule has 0 fully saturated rings. The summed E-state index contributed by atoms with van der Waals surface area (Å²) in [5, 5.41) is 0. The largest absolute Gasteiger partial charge is 0.465 e. The van der Waals surface area contributed by atoms with Crippen molar-refractivity contribution in [2.24, 2.45) is 5.73 Å². The Labute approximate surface area is 90.2 Å². The summed E-state index contributed by atoms with van der Waals surface area (Å²) in [5.41, 5.74) is 5.79. The van der Waals surface area contributed by atoms with Crippen LogP contribution in [0.25, 0.3) is 0 Å². The van der Waals surface area contributed by atoms with Gasteiger partial charge in [0.05, 0.1) is 5.75 Å².